The van der Waals surface area contributed by atoms with Gasteiger partial charge in [-0.15, -0.1) is 0 Å². The topological polar surface area (TPSA) is 94.6 Å². The van der Waals surface area contributed by atoms with Crippen molar-refractivity contribution in [2.45, 2.75) is 147 Å². The fourth-order valence-electron chi connectivity index (χ4n) is 9.56. The Labute approximate surface area is 290 Å². The molecule has 3 saturated carbocycles. The second kappa shape index (κ2) is 10.5. The molecule has 6 rings (SSSR count). The van der Waals surface area contributed by atoms with Crippen LogP contribution in [0.5, 0.6) is 0 Å². The second-order valence-corrected chi connectivity index (χ2v) is 29.1. The Hall–Kier alpha value is -1.63. The molecule has 4 fully saturated rings. The van der Waals surface area contributed by atoms with Gasteiger partial charge >= 0.3 is 5.97 Å². The van der Waals surface area contributed by atoms with E-state index in [0.717, 1.165) is 0 Å². The van der Waals surface area contributed by atoms with Crippen LogP contribution in [0.2, 0.25) is 36.3 Å². The van der Waals surface area contributed by atoms with Crippen molar-refractivity contribution in [1.29, 1.82) is 0 Å². The lowest BCUT2D eigenvalue weighted by Gasteiger charge is -2.47. The summed E-state index contributed by atoms with van der Waals surface area (Å²) >= 11 is 0. The highest BCUT2D eigenvalue weighted by atomic mass is 28.4. The van der Waals surface area contributed by atoms with Crippen LogP contribution in [0.1, 0.15) is 92.4 Å². The summed E-state index contributed by atoms with van der Waals surface area (Å²) in [5, 5.41) is 13.4. The molecule has 2 bridgehead atoms. The molecule has 0 amide bonds. The highest BCUT2D eigenvalue weighted by molar-refractivity contribution is 6.74. The standard InChI is InChI=1S/C39H60O7Si2/c1-24-20-37-25(2)21-38(46-48(13,14)34(6,7)8)28(35(38,9)10)27(29(37)40)22-36(23-43-47(11,12)33(3,4)5)32(45-36)39(37,42)30(24)44-31(41)26-18-16-15-17-19-26/h15-20,25,27-28,30,32,42H,21-23H2,1-14H3/t25-,27+,28-,30+,32-,36+,37+,38+,39-/m1/s1. The predicted octanol–water partition coefficient (Wildman–Crippen LogP) is 8.09. The minimum atomic E-state index is -2.28. The van der Waals surface area contributed by atoms with Crippen LogP contribution in [0.15, 0.2) is 42.0 Å². The summed E-state index contributed by atoms with van der Waals surface area (Å²) in [4.78, 5) is 29.2. The fraction of sp³-hybridized carbons (Fsp3) is 0.744. The van der Waals surface area contributed by atoms with Gasteiger partial charge in [0.05, 0.1) is 23.2 Å². The molecule has 1 heterocycles. The van der Waals surface area contributed by atoms with Gasteiger partial charge in [0.2, 0.25) is 0 Å². The number of epoxide rings is 1. The summed E-state index contributed by atoms with van der Waals surface area (Å²) in [7, 11) is -4.51. The molecular weight excluding hydrogens is 637 g/mol. The lowest BCUT2D eigenvalue weighted by Crippen LogP contribution is -2.63. The fourth-order valence-corrected chi connectivity index (χ4v) is 12.3. The van der Waals surface area contributed by atoms with Crippen LogP contribution < -0.4 is 0 Å². The van der Waals surface area contributed by atoms with Crippen molar-refractivity contribution in [3.8, 4) is 0 Å². The van der Waals surface area contributed by atoms with Crippen molar-refractivity contribution in [2.24, 2.45) is 28.6 Å². The minimum absolute atomic E-state index is 0.0149. The smallest absolute Gasteiger partial charge is 0.338 e. The van der Waals surface area contributed by atoms with Gasteiger partial charge in [0.25, 0.3) is 0 Å². The average Bonchev–Trinajstić information content (AvgIpc) is 3.77. The number of hydrogen-bond acceptors (Lipinski definition) is 7. The molecule has 1 spiro atoms. The largest absolute Gasteiger partial charge is 0.451 e. The van der Waals surface area contributed by atoms with Gasteiger partial charge in [-0.05, 0) is 85.1 Å². The van der Waals surface area contributed by atoms with E-state index in [-0.39, 0.29) is 39.7 Å². The van der Waals surface area contributed by atoms with E-state index in [2.05, 4.69) is 88.5 Å². The van der Waals surface area contributed by atoms with E-state index in [1.54, 1.807) is 24.3 Å². The summed E-state index contributed by atoms with van der Waals surface area (Å²) in [5.74, 6) is -1.24. The van der Waals surface area contributed by atoms with Crippen molar-refractivity contribution in [1.82, 2.24) is 0 Å². The molecule has 4 aliphatic carbocycles. The zero-order chi connectivity index (χ0) is 35.9. The molecule has 0 radical (unpaired) electrons. The maximum atomic E-state index is 15.5. The lowest BCUT2D eigenvalue weighted by atomic mass is 9.59. The van der Waals surface area contributed by atoms with Gasteiger partial charge in [-0.3, -0.25) is 4.79 Å². The van der Waals surface area contributed by atoms with Crippen LogP contribution in [0.25, 0.3) is 0 Å². The van der Waals surface area contributed by atoms with Crippen LogP contribution in [-0.2, 0) is 23.1 Å². The van der Waals surface area contributed by atoms with Crippen LogP contribution in [-0.4, -0.2) is 69.1 Å². The molecule has 0 unspecified atom stereocenters. The SMILES string of the molecule is CC1=C[C@]23C(=O)[C@@H](C[C@@]4(CO[Si](C)(C)C(C)(C)C)O[C@H]4[C@]2(O)[C@H]1OC(=O)c1ccccc1)[C@@H]1C(C)(C)[C@]1(O[Si](C)(C)C(C)(C)C)C[C@H]3C. The highest BCUT2D eigenvalue weighted by Crippen LogP contribution is 2.78. The Morgan fingerprint density at radius 1 is 0.979 bits per heavy atom. The van der Waals surface area contributed by atoms with Crippen molar-refractivity contribution >= 4 is 28.4 Å². The van der Waals surface area contributed by atoms with E-state index >= 15 is 4.79 Å². The van der Waals surface area contributed by atoms with Gasteiger partial charge in [-0.2, -0.15) is 0 Å². The van der Waals surface area contributed by atoms with E-state index in [4.69, 9.17) is 18.3 Å². The molecule has 0 aromatic heterocycles. The first kappa shape index (κ1) is 36.2. The third-order valence-corrected chi connectivity index (χ3v) is 23.4. The molecule has 1 aromatic carbocycles. The molecule has 7 nitrogen and oxygen atoms in total. The average molecular weight is 697 g/mol. The molecule has 1 aliphatic heterocycles. The maximum absolute atomic E-state index is 15.5. The number of hydrogen-bond donors (Lipinski definition) is 1. The zero-order valence-corrected chi connectivity index (χ0v) is 33.9. The quantitative estimate of drug-likeness (QED) is 0.133. The van der Waals surface area contributed by atoms with Crippen molar-refractivity contribution in [3.63, 3.8) is 0 Å². The molecule has 1 aromatic rings. The molecule has 5 aliphatic rings. The predicted molar refractivity (Wildman–Crippen MR) is 193 cm³/mol. The van der Waals surface area contributed by atoms with E-state index in [9.17, 15) is 9.90 Å². The third kappa shape index (κ3) is 4.69. The summed E-state index contributed by atoms with van der Waals surface area (Å²) in [6.07, 6.45) is 1.26. The van der Waals surface area contributed by atoms with Crippen LogP contribution in [0.4, 0.5) is 0 Å². The van der Waals surface area contributed by atoms with Gasteiger partial charge in [-0.1, -0.05) is 86.6 Å². The van der Waals surface area contributed by atoms with E-state index < -0.39 is 62.9 Å². The summed E-state index contributed by atoms with van der Waals surface area (Å²) in [6.45, 7) is 31.2. The van der Waals surface area contributed by atoms with Gasteiger partial charge in [0.1, 0.15) is 17.5 Å². The Morgan fingerprint density at radius 3 is 2.12 bits per heavy atom. The Balaban J connectivity index is 1.49. The van der Waals surface area contributed by atoms with Gasteiger partial charge in [-0.25, -0.2) is 4.79 Å². The maximum Gasteiger partial charge on any atom is 0.338 e. The monoisotopic (exact) mass is 696 g/mol. The molecule has 48 heavy (non-hydrogen) atoms. The number of ketones is 1. The number of carbonyl (C=O) groups excluding carboxylic acids is 2. The minimum Gasteiger partial charge on any atom is -0.451 e. The number of esters is 1. The van der Waals surface area contributed by atoms with Gasteiger partial charge in [0, 0.05) is 11.8 Å². The molecule has 9 heteroatoms. The highest BCUT2D eigenvalue weighted by Gasteiger charge is 2.88. The van der Waals surface area contributed by atoms with Crippen LogP contribution in [0, 0.1) is 28.6 Å². The third-order valence-electron chi connectivity index (χ3n) is 14.5. The van der Waals surface area contributed by atoms with E-state index in [1.807, 2.05) is 19.1 Å². The van der Waals surface area contributed by atoms with Crippen molar-refractivity contribution in [2.75, 3.05) is 6.61 Å². The summed E-state index contributed by atoms with van der Waals surface area (Å²) in [5.41, 5.74) is -3.69. The van der Waals surface area contributed by atoms with Crippen LogP contribution in [0.3, 0.4) is 0 Å². The Morgan fingerprint density at radius 2 is 1.56 bits per heavy atom. The summed E-state index contributed by atoms with van der Waals surface area (Å²) in [6, 6.07) is 8.85. The normalized spacial score (nSPS) is 40.1. The molecule has 9 atom stereocenters. The first-order valence-corrected chi connectivity index (χ1v) is 23.8. The number of aliphatic hydroxyl groups is 1. The zero-order valence-electron chi connectivity index (χ0n) is 31.9. The molecular formula is C39H60O7Si2. The second-order valence-electron chi connectivity index (χ2n) is 19.6. The van der Waals surface area contributed by atoms with Gasteiger partial charge < -0.3 is 23.4 Å². The number of ether oxygens (including phenoxy) is 2. The summed E-state index contributed by atoms with van der Waals surface area (Å²) < 4.78 is 27.4. The molecule has 1 N–H and O–H groups in total. The van der Waals surface area contributed by atoms with Crippen molar-refractivity contribution in [3.05, 3.63) is 47.5 Å². The molecule has 266 valence electrons. The number of Topliss-reactive ketones (excluding diaryl/α,β-unsaturated/α-hetero) is 1. The van der Waals surface area contributed by atoms with E-state index in [0.29, 0.717) is 24.0 Å². The number of carbonyl (C=O) groups is 2. The Bertz CT molecular complexity index is 1540. The number of benzene rings is 1. The van der Waals surface area contributed by atoms with Crippen molar-refractivity contribution < 1.29 is 33.0 Å². The van der Waals surface area contributed by atoms with E-state index in [1.165, 1.54) is 0 Å². The lowest BCUT2D eigenvalue weighted by molar-refractivity contribution is -0.171. The molecule has 1 saturated heterocycles. The Kier molecular flexibility index (Phi) is 7.89. The number of rotatable bonds is 7. The first-order valence-electron chi connectivity index (χ1n) is 18.0. The van der Waals surface area contributed by atoms with Crippen LogP contribution >= 0.6 is 0 Å². The number of fused-ring (bicyclic) bond motifs is 5. The first-order chi connectivity index (χ1) is 21.8. The van der Waals surface area contributed by atoms with Gasteiger partial charge in [0.15, 0.2) is 28.3 Å².